The smallest absolute Gasteiger partial charge is 0.244 e. The topological polar surface area (TPSA) is 86.8 Å². The van der Waals surface area contributed by atoms with Crippen molar-refractivity contribution in [3.63, 3.8) is 0 Å². The summed E-state index contributed by atoms with van der Waals surface area (Å²) in [4.78, 5) is 29.0. The highest BCUT2D eigenvalue weighted by molar-refractivity contribution is 7.92. The van der Waals surface area contributed by atoms with Crippen LogP contribution in [0.4, 0.5) is 5.69 Å². The van der Waals surface area contributed by atoms with Gasteiger partial charge in [-0.2, -0.15) is 0 Å². The first-order valence-corrected chi connectivity index (χ1v) is 15.8. The lowest BCUT2D eigenvalue weighted by atomic mass is 10.0. The Hall–Kier alpha value is -2.78. The molecule has 0 aliphatic rings. The number of nitrogens with zero attached hydrogens (tertiary/aromatic N) is 2. The van der Waals surface area contributed by atoms with Crippen molar-refractivity contribution in [2.24, 2.45) is 0 Å². The largest absolute Gasteiger partial charge is 0.354 e. The van der Waals surface area contributed by atoms with Crippen molar-refractivity contribution in [3.05, 3.63) is 99.0 Å². The quantitative estimate of drug-likeness (QED) is 0.238. The zero-order valence-electron chi connectivity index (χ0n) is 22.3. The van der Waals surface area contributed by atoms with Crippen LogP contribution in [0, 0.1) is 0 Å². The van der Waals surface area contributed by atoms with E-state index >= 15 is 0 Å². The molecule has 0 aliphatic carbocycles. The van der Waals surface area contributed by atoms with Gasteiger partial charge in [-0.3, -0.25) is 13.9 Å². The zero-order chi connectivity index (χ0) is 29.3. The lowest BCUT2D eigenvalue weighted by Gasteiger charge is -2.33. The number of unbranched alkanes of at least 4 members (excludes halogenated alkanes) is 1. The van der Waals surface area contributed by atoms with Gasteiger partial charge in [0.2, 0.25) is 21.8 Å². The number of hydrogen-bond donors (Lipinski definition) is 1. The van der Waals surface area contributed by atoms with Crippen LogP contribution in [0.2, 0.25) is 15.1 Å². The Morgan fingerprint density at radius 2 is 1.57 bits per heavy atom. The molecular formula is C29H32Cl3N3O4S. The average molecular weight is 625 g/mol. The molecule has 0 spiro atoms. The average Bonchev–Trinajstić information content (AvgIpc) is 2.91. The molecule has 0 saturated carbocycles. The fourth-order valence-electron chi connectivity index (χ4n) is 4.12. The third-order valence-electron chi connectivity index (χ3n) is 6.23. The molecule has 0 aliphatic heterocycles. The van der Waals surface area contributed by atoms with Gasteiger partial charge in [-0.05, 0) is 53.9 Å². The number of hydrogen-bond acceptors (Lipinski definition) is 4. The minimum absolute atomic E-state index is 0.00659. The molecule has 40 heavy (non-hydrogen) atoms. The summed E-state index contributed by atoms with van der Waals surface area (Å²) in [6, 6.07) is 19.5. The van der Waals surface area contributed by atoms with E-state index in [9.17, 15) is 18.0 Å². The second-order valence-corrected chi connectivity index (χ2v) is 12.5. The molecular weight excluding hydrogens is 593 g/mol. The Labute approximate surface area is 251 Å². The van der Waals surface area contributed by atoms with Crippen LogP contribution in [0.5, 0.6) is 0 Å². The predicted molar refractivity (Wildman–Crippen MR) is 163 cm³/mol. The van der Waals surface area contributed by atoms with Crippen LogP contribution in [0.1, 0.15) is 30.9 Å². The SMILES string of the molecule is CCCCNC(=O)[C@H](Cc1ccccc1)N(Cc1ccc(Cl)c(Cl)c1)C(=O)CN(c1ccc(Cl)cc1)S(C)(=O)=O. The van der Waals surface area contributed by atoms with Crippen molar-refractivity contribution < 1.29 is 18.0 Å². The first kappa shape index (κ1) is 31.7. The third kappa shape index (κ3) is 9.13. The van der Waals surface area contributed by atoms with E-state index in [1.165, 1.54) is 17.0 Å². The van der Waals surface area contributed by atoms with E-state index < -0.39 is 28.5 Å². The van der Waals surface area contributed by atoms with Gasteiger partial charge in [0.05, 0.1) is 22.0 Å². The van der Waals surface area contributed by atoms with Crippen molar-refractivity contribution in [1.82, 2.24) is 10.2 Å². The fourth-order valence-corrected chi connectivity index (χ4v) is 5.41. The molecule has 0 radical (unpaired) electrons. The number of carbonyl (C=O) groups is 2. The van der Waals surface area contributed by atoms with Crippen LogP contribution in [0.25, 0.3) is 0 Å². The molecule has 11 heteroatoms. The van der Waals surface area contributed by atoms with Crippen molar-refractivity contribution in [2.45, 2.75) is 38.8 Å². The van der Waals surface area contributed by atoms with E-state index in [-0.39, 0.29) is 24.6 Å². The maximum absolute atomic E-state index is 14.0. The molecule has 1 N–H and O–H groups in total. The Morgan fingerprint density at radius 3 is 2.17 bits per heavy atom. The summed E-state index contributed by atoms with van der Waals surface area (Å²) < 4.78 is 26.6. The molecule has 3 aromatic rings. The van der Waals surface area contributed by atoms with Crippen molar-refractivity contribution in [3.8, 4) is 0 Å². The second-order valence-electron chi connectivity index (χ2n) is 9.37. The summed E-state index contributed by atoms with van der Waals surface area (Å²) in [5.41, 5.74) is 1.77. The van der Waals surface area contributed by atoms with E-state index in [1.807, 2.05) is 37.3 Å². The standard InChI is InChI=1S/C29H32Cl3N3O4S/c1-3-4-16-33-29(37)27(18-21-8-6-5-7-9-21)34(19-22-10-15-25(31)26(32)17-22)28(36)20-35(40(2,38)39)24-13-11-23(30)12-14-24/h5-15,17,27H,3-4,16,18-20H2,1-2H3,(H,33,37)/t27-/m0/s1. The van der Waals surface area contributed by atoms with Crippen LogP contribution in [0.3, 0.4) is 0 Å². The van der Waals surface area contributed by atoms with Gasteiger partial charge >= 0.3 is 0 Å². The minimum atomic E-state index is -3.86. The summed E-state index contributed by atoms with van der Waals surface area (Å²) in [6.45, 7) is 1.96. The monoisotopic (exact) mass is 623 g/mol. The molecule has 214 valence electrons. The van der Waals surface area contributed by atoms with Gasteiger partial charge in [-0.15, -0.1) is 0 Å². The Balaban J connectivity index is 2.04. The van der Waals surface area contributed by atoms with E-state index in [0.29, 0.717) is 27.2 Å². The molecule has 0 aromatic heterocycles. The molecule has 1 atom stereocenters. The van der Waals surface area contributed by atoms with Crippen LogP contribution < -0.4 is 9.62 Å². The number of sulfonamides is 1. The van der Waals surface area contributed by atoms with Gasteiger partial charge in [0.25, 0.3) is 0 Å². The lowest BCUT2D eigenvalue weighted by Crippen LogP contribution is -2.53. The molecule has 3 rings (SSSR count). The number of halogens is 3. The second kappa shape index (κ2) is 14.7. The summed E-state index contributed by atoms with van der Waals surface area (Å²) in [5, 5.41) is 4.03. The van der Waals surface area contributed by atoms with Crippen molar-refractivity contribution in [2.75, 3.05) is 23.7 Å². The van der Waals surface area contributed by atoms with E-state index in [2.05, 4.69) is 5.32 Å². The van der Waals surface area contributed by atoms with Gasteiger partial charge in [0, 0.05) is 24.5 Å². The van der Waals surface area contributed by atoms with Crippen LogP contribution in [-0.2, 0) is 32.6 Å². The van der Waals surface area contributed by atoms with E-state index in [4.69, 9.17) is 34.8 Å². The summed E-state index contributed by atoms with van der Waals surface area (Å²) in [6.07, 6.45) is 2.92. The van der Waals surface area contributed by atoms with E-state index in [1.54, 1.807) is 30.3 Å². The number of anilines is 1. The maximum atomic E-state index is 14.0. The number of benzene rings is 3. The molecule has 3 aromatic carbocycles. The molecule has 0 unspecified atom stereocenters. The highest BCUT2D eigenvalue weighted by atomic mass is 35.5. The van der Waals surface area contributed by atoms with Gasteiger partial charge in [-0.1, -0.05) is 84.5 Å². The van der Waals surface area contributed by atoms with Gasteiger partial charge in [-0.25, -0.2) is 8.42 Å². The molecule has 0 bridgehead atoms. The molecule has 0 fully saturated rings. The molecule has 0 saturated heterocycles. The Morgan fingerprint density at radius 1 is 0.900 bits per heavy atom. The Kier molecular flexibility index (Phi) is 11.7. The normalized spacial score (nSPS) is 12.0. The van der Waals surface area contributed by atoms with Gasteiger partial charge in [0.15, 0.2) is 0 Å². The number of carbonyl (C=O) groups excluding carboxylic acids is 2. The first-order valence-electron chi connectivity index (χ1n) is 12.8. The molecule has 7 nitrogen and oxygen atoms in total. The maximum Gasteiger partial charge on any atom is 0.244 e. The van der Waals surface area contributed by atoms with Crippen molar-refractivity contribution >= 4 is 62.3 Å². The zero-order valence-corrected chi connectivity index (χ0v) is 25.4. The highest BCUT2D eigenvalue weighted by Crippen LogP contribution is 2.25. The summed E-state index contributed by atoms with van der Waals surface area (Å²) in [7, 11) is -3.86. The third-order valence-corrected chi connectivity index (χ3v) is 8.36. The summed E-state index contributed by atoms with van der Waals surface area (Å²) >= 11 is 18.4. The molecule has 0 heterocycles. The highest BCUT2D eigenvalue weighted by Gasteiger charge is 2.33. The number of nitrogens with one attached hydrogen (secondary N) is 1. The van der Waals surface area contributed by atoms with E-state index in [0.717, 1.165) is 29.0 Å². The van der Waals surface area contributed by atoms with Gasteiger partial charge in [0.1, 0.15) is 12.6 Å². The first-order chi connectivity index (χ1) is 19.0. The fraction of sp³-hybridized carbons (Fsp3) is 0.310. The molecule has 2 amide bonds. The predicted octanol–water partition coefficient (Wildman–Crippen LogP) is 5.97. The van der Waals surface area contributed by atoms with Gasteiger partial charge < -0.3 is 10.2 Å². The minimum Gasteiger partial charge on any atom is -0.354 e. The Bertz CT molecular complexity index is 1400. The van der Waals surface area contributed by atoms with Crippen LogP contribution >= 0.6 is 34.8 Å². The van der Waals surface area contributed by atoms with Crippen LogP contribution in [0.15, 0.2) is 72.8 Å². The summed E-state index contributed by atoms with van der Waals surface area (Å²) in [5.74, 6) is -0.888. The van der Waals surface area contributed by atoms with Crippen LogP contribution in [-0.4, -0.2) is 50.5 Å². The van der Waals surface area contributed by atoms with Crippen molar-refractivity contribution in [1.29, 1.82) is 0 Å². The number of rotatable bonds is 13. The number of amides is 2. The lowest BCUT2D eigenvalue weighted by molar-refractivity contribution is -0.140.